The number of primary amides is 1. The summed E-state index contributed by atoms with van der Waals surface area (Å²) in [6, 6.07) is 5.84. The van der Waals surface area contributed by atoms with Gasteiger partial charge < -0.3 is 26.0 Å². The number of nitrogens with two attached hydrogens (primary N) is 1. The lowest BCUT2D eigenvalue weighted by atomic mass is 10.1. The van der Waals surface area contributed by atoms with Crippen molar-refractivity contribution in [1.29, 1.82) is 0 Å². The van der Waals surface area contributed by atoms with E-state index in [1.165, 1.54) is 6.20 Å². The van der Waals surface area contributed by atoms with Crippen molar-refractivity contribution in [3.8, 4) is 0 Å². The highest BCUT2D eigenvalue weighted by molar-refractivity contribution is 7.17. The molecule has 2 aliphatic rings. The molecule has 1 aromatic carbocycles. The predicted molar refractivity (Wildman–Crippen MR) is 128 cm³/mol. The molecular weight excluding hydrogens is 450 g/mol. The maximum absolute atomic E-state index is 11.4. The van der Waals surface area contributed by atoms with Gasteiger partial charge >= 0.3 is 0 Å². The second-order valence-electron chi connectivity index (χ2n) is 7.51. The molecule has 1 amide bonds. The number of amides is 1. The predicted octanol–water partition coefficient (Wildman–Crippen LogP) is 2.06. The highest BCUT2D eigenvalue weighted by Crippen LogP contribution is 2.31. The number of anilines is 1. The highest BCUT2D eigenvalue weighted by Gasteiger charge is 2.21. The molecule has 0 spiro atoms. The monoisotopic (exact) mass is 475 g/mol. The van der Waals surface area contributed by atoms with Gasteiger partial charge in [-0.2, -0.15) is 0 Å². The van der Waals surface area contributed by atoms with Crippen molar-refractivity contribution in [2.24, 2.45) is 10.7 Å². The number of hydrogen-bond donors (Lipinski definition) is 3. The van der Waals surface area contributed by atoms with Crippen LogP contribution in [0.25, 0.3) is 0 Å². The zero-order chi connectivity index (χ0) is 22.5. The van der Waals surface area contributed by atoms with Crippen molar-refractivity contribution in [3.05, 3.63) is 51.9 Å². The molecule has 0 saturated carbocycles. The Bertz CT molecular complexity index is 1010. The van der Waals surface area contributed by atoms with E-state index in [9.17, 15) is 4.79 Å². The van der Waals surface area contributed by atoms with E-state index >= 15 is 0 Å². The summed E-state index contributed by atoms with van der Waals surface area (Å²) in [7, 11) is 0. The summed E-state index contributed by atoms with van der Waals surface area (Å²) in [6.45, 7) is 7.62. The van der Waals surface area contributed by atoms with Crippen LogP contribution in [0, 0.1) is 6.92 Å². The fraction of sp³-hybridized carbons (Fsp3) is 0.381. The number of halogens is 1. The van der Waals surface area contributed by atoms with Crippen LogP contribution in [-0.4, -0.2) is 67.6 Å². The Morgan fingerprint density at radius 3 is 2.94 bits per heavy atom. The van der Waals surface area contributed by atoms with Crippen molar-refractivity contribution < 1.29 is 9.53 Å². The first kappa shape index (κ1) is 22.5. The summed E-state index contributed by atoms with van der Waals surface area (Å²) in [5, 5.41) is 7.93. The van der Waals surface area contributed by atoms with Crippen molar-refractivity contribution >= 4 is 45.5 Å². The van der Waals surface area contributed by atoms with Crippen LogP contribution >= 0.6 is 22.9 Å². The first-order valence-corrected chi connectivity index (χ1v) is 11.6. The van der Waals surface area contributed by atoms with E-state index in [-0.39, 0.29) is 0 Å². The van der Waals surface area contributed by atoms with Crippen molar-refractivity contribution in [1.82, 2.24) is 20.5 Å². The summed E-state index contributed by atoms with van der Waals surface area (Å²) in [4.78, 5) is 25.0. The standard InChI is InChI=1S/C21H26ClN7O2S/c1-14-3-2-4-15(22)19(14)29-12-17(24-5-6-28-7-9-31-10-8-28)26-18(13-29)27-21-25-11-16(32-21)20(23)30/h2-4,11-12,24H,5-10,13H2,1H3,(H2,23,30)(H,25,26,27). The minimum atomic E-state index is -0.510. The fourth-order valence-corrected chi connectivity index (χ4v) is 4.59. The molecule has 32 heavy (non-hydrogen) atoms. The number of aryl methyl sites for hydroxylation is 1. The molecule has 4 rings (SSSR count). The van der Waals surface area contributed by atoms with Crippen LogP contribution in [0.3, 0.4) is 0 Å². The average molecular weight is 476 g/mol. The third-order valence-corrected chi connectivity index (χ3v) is 6.38. The van der Waals surface area contributed by atoms with Gasteiger partial charge in [0, 0.05) is 32.4 Å². The summed E-state index contributed by atoms with van der Waals surface area (Å²) < 4.78 is 5.41. The number of nitrogens with zero attached hydrogens (tertiary/aromatic N) is 4. The molecule has 170 valence electrons. The summed E-state index contributed by atoms with van der Waals surface area (Å²) in [5.74, 6) is 0.990. The smallest absolute Gasteiger partial charge is 0.260 e. The van der Waals surface area contributed by atoms with Gasteiger partial charge in [0.2, 0.25) is 5.13 Å². The van der Waals surface area contributed by atoms with Crippen LogP contribution in [0.4, 0.5) is 10.8 Å². The Morgan fingerprint density at radius 2 is 2.22 bits per heavy atom. The van der Waals surface area contributed by atoms with Crippen LogP contribution in [0.5, 0.6) is 0 Å². The van der Waals surface area contributed by atoms with Gasteiger partial charge in [0.25, 0.3) is 5.91 Å². The number of ether oxygens (including phenoxy) is 1. The number of nitrogens with one attached hydrogen (secondary N) is 2. The molecule has 1 saturated heterocycles. The van der Waals surface area contributed by atoms with E-state index < -0.39 is 5.91 Å². The van der Waals surface area contributed by atoms with Gasteiger partial charge in [-0.3, -0.25) is 9.69 Å². The molecule has 11 heteroatoms. The van der Waals surface area contributed by atoms with E-state index in [1.807, 2.05) is 31.3 Å². The number of hydrogen-bond acceptors (Lipinski definition) is 8. The Morgan fingerprint density at radius 1 is 1.41 bits per heavy atom. The molecule has 0 atom stereocenters. The molecule has 0 aliphatic carbocycles. The molecule has 2 aliphatic heterocycles. The highest BCUT2D eigenvalue weighted by atomic mass is 35.5. The van der Waals surface area contributed by atoms with E-state index in [0.29, 0.717) is 27.4 Å². The molecule has 3 heterocycles. The van der Waals surface area contributed by atoms with Crippen molar-refractivity contribution in [2.75, 3.05) is 50.8 Å². The number of carbonyl (C=O) groups excluding carboxylic acids is 1. The average Bonchev–Trinajstić information content (AvgIpc) is 3.23. The van der Waals surface area contributed by atoms with Gasteiger partial charge in [0.05, 0.1) is 36.7 Å². The maximum Gasteiger partial charge on any atom is 0.260 e. The van der Waals surface area contributed by atoms with Gasteiger partial charge in [-0.15, -0.1) is 0 Å². The summed E-state index contributed by atoms with van der Waals surface area (Å²) in [5.41, 5.74) is 7.33. The Balaban J connectivity index is 1.54. The lowest BCUT2D eigenvalue weighted by Gasteiger charge is -2.31. The van der Waals surface area contributed by atoms with Gasteiger partial charge in [-0.05, 0) is 18.6 Å². The first-order chi connectivity index (χ1) is 15.5. The topological polar surface area (TPSA) is 108 Å². The van der Waals surface area contributed by atoms with Gasteiger partial charge in [-0.25, -0.2) is 9.98 Å². The minimum Gasteiger partial charge on any atom is -0.379 e. The number of thiazole rings is 1. The second-order valence-corrected chi connectivity index (χ2v) is 8.93. The van der Waals surface area contributed by atoms with E-state index in [0.717, 1.165) is 67.8 Å². The SMILES string of the molecule is Cc1cccc(Cl)c1N1C=C(NCCN2CCOCC2)NC(=Nc2ncc(C(N)=O)s2)C1. The molecule has 0 radical (unpaired) electrons. The number of aromatic nitrogens is 1. The number of carbonyl (C=O) groups is 1. The zero-order valence-corrected chi connectivity index (χ0v) is 19.4. The van der Waals surface area contributed by atoms with Crippen LogP contribution in [0.15, 0.2) is 41.4 Å². The minimum absolute atomic E-state index is 0.373. The third-order valence-electron chi connectivity index (χ3n) is 5.17. The van der Waals surface area contributed by atoms with Crippen LogP contribution in [-0.2, 0) is 4.74 Å². The van der Waals surface area contributed by atoms with E-state index in [1.54, 1.807) is 0 Å². The molecule has 4 N–H and O–H groups in total. The molecule has 0 unspecified atom stereocenters. The normalized spacial score (nSPS) is 18.4. The Kier molecular flexibility index (Phi) is 7.26. The molecule has 0 bridgehead atoms. The largest absolute Gasteiger partial charge is 0.379 e. The van der Waals surface area contributed by atoms with E-state index in [2.05, 4.69) is 30.4 Å². The van der Waals surface area contributed by atoms with Crippen LogP contribution in [0.2, 0.25) is 5.02 Å². The number of amidine groups is 1. The maximum atomic E-state index is 11.4. The molecule has 1 fully saturated rings. The van der Waals surface area contributed by atoms with Crippen LogP contribution < -0.4 is 21.3 Å². The summed E-state index contributed by atoms with van der Waals surface area (Å²) in [6.07, 6.45) is 3.45. The van der Waals surface area contributed by atoms with Gasteiger partial charge in [0.1, 0.15) is 16.5 Å². The number of para-hydroxylation sites is 1. The molecular formula is C21H26ClN7O2S. The third kappa shape index (κ3) is 5.57. The van der Waals surface area contributed by atoms with Gasteiger partial charge in [-0.1, -0.05) is 35.1 Å². The molecule has 1 aromatic heterocycles. The van der Waals surface area contributed by atoms with E-state index in [4.69, 9.17) is 22.1 Å². The Labute approximate surface area is 195 Å². The fourth-order valence-electron chi connectivity index (χ4n) is 3.59. The lowest BCUT2D eigenvalue weighted by Crippen LogP contribution is -2.46. The van der Waals surface area contributed by atoms with Gasteiger partial charge in [0.15, 0.2) is 0 Å². The van der Waals surface area contributed by atoms with Crippen molar-refractivity contribution in [2.45, 2.75) is 6.92 Å². The lowest BCUT2D eigenvalue weighted by molar-refractivity contribution is 0.0387. The first-order valence-electron chi connectivity index (χ1n) is 10.4. The second kappa shape index (κ2) is 10.3. The summed E-state index contributed by atoms with van der Waals surface area (Å²) >= 11 is 7.69. The zero-order valence-electron chi connectivity index (χ0n) is 17.8. The van der Waals surface area contributed by atoms with Crippen LogP contribution in [0.1, 0.15) is 15.2 Å². The van der Waals surface area contributed by atoms with Crippen molar-refractivity contribution in [3.63, 3.8) is 0 Å². The molecule has 9 nitrogen and oxygen atoms in total. The number of morpholine rings is 1. The number of aliphatic imine (C=N–C) groups is 1. The quantitative estimate of drug-likeness (QED) is 0.562. The number of rotatable bonds is 7. The number of benzene rings is 1. The Hall–Kier alpha value is -2.66. The molecule has 2 aromatic rings.